The molecule has 90 valence electrons. The maximum absolute atomic E-state index is 12.0. The molecule has 1 atom stereocenters. The Morgan fingerprint density at radius 2 is 1.81 bits per heavy atom. The highest BCUT2D eigenvalue weighted by atomic mass is 19.4. The Morgan fingerprint density at radius 3 is 2.31 bits per heavy atom. The lowest BCUT2D eigenvalue weighted by Gasteiger charge is -2.16. The highest BCUT2D eigenvalue weighted by Gasteiger charge is 2.26. The zero-order valence-electron chi connectivity index (χ0n) is 9.22. The van der Waals surface area contributed by atoms with Crippen LogP contribution in [0.4, 0.5) is 13.2 Å². The maximum Gasteiger partial charge on any atom is 0.389 e. The predicted molar refractivity (Wildman–Crippen MR) is 58.1 cm³/mol. The van der Waals surface area contributed by atoms with Crippen molar-refractivity contribution in [3.8, 4) is 0 Å². The fourth-order valence-corrected chi connectivity index (χ4v) is 1.67. The molecule has 16 heavy (non-hydrogen) atoms. The number of halogens is 3. The quantitative estimate of drug-likeness (QED) is 0.815. The lowest BCUT2D eigenvalue weighted by molar-refractivity contribution is -0.135. The third-order valence-electron chi connectivity index (χ3n) is 2.50. The van der Waals surface area contributed by atoms with Crippen LogP contribution in [0, 0.1) is 0 Å². The van der Waals surface area contributed by atoms with Gasteiger partial charge in [-0.15, -0.1) is 0 Å². The van der Waals surface area contributed by atoms with Crippen LogP contribution in [-0.4, -0.2) is 13.2 Å². The monoisotopic (exact) mass is 231 g/mol. The van der Waals surface area contributed by atoms with Crippen LogP contribution >= 0.6 is 0 Å². The zero-order valence-corrected chi connectivity index (χ0v) is 9.22. The molecule has 4 heteroatoms. The fourth-order valence-electron chi connectivity index (χ4n) is 1.67. The van der Waals surface area contributed by atoms with E-state index in [1.165, 1.54) is 0 Å². The molecule has 1 unspecified atom stereocenters. The summed E-state index contributed by atoms with van der Waals surface area (Å²) < 4.78 is 36.0. The van der Waals surface area contributed by atoms with E-state index in [1.54, 1.807) is 7.05 Å². The molecular formula is C12H16F3N. The molecule has 0 saturated carbocycles. The number of rotatable bonds is 5. The molecule has 1 nitrogen and oxygen atoms in total. The minimum absolute atomic E-state index is 0.00329. The van der Waals surface area contributed by atoms with E-state index in [2.05, 4.69) is 5.32 Å². The summed E-state index contributed by atoms with van der Waals surface area (Å²) in [6, 6.07) is 9.53. The highest BCUT2D eigenvalue weighted by molar-refractivity contribution is 5.18. The van der Waals surface area contributed by atoms with Gasteiger partial charge in [-0.2, -0.15) is 13.2 Å². The summed E-state index contributed by atoms with van der Waals surface area (Å²) in [6.45, 7) is 0. The first-order valence-corrected chi connectivity index (χ1v) is 5.32. The third-order valence-corrected chi connectivity index (χ3v) is 2.50. The van der Waals surface area contributed by atoms with Crippen LogP contribution in [0.3, 0.4) is 0 Å². The standard InChI is InChI=1S/C12H16F3N/c1-16-11(8-5-9-12(13,14)15)10-6-3-2-4-7-10/h2-4,6-7,11,16H,5,8-9H2,1H3. The summed E-state index contributed by atoms with van der Waals surface area (Å²) >= 11 is 0. The van der Waals surface area contributed by atoms with E-state index in [0.29, 0.717) is 6.42 Å². The van der Waals surface area contributed by atoms with Gasteiger partial charge in [0, 0.05) is 12.5 Å². The number of benzene rings is 1. The topological polar surface area (TPSA) is 12.0 Å². The van der Waals surface area contributed by atoms with Gasteiger partial charge in [-0.25, -0.2) is 0 Å². The van der Waals surface area contributed by atoms with Gasteiger partial charge in [0.15, 0.2) is 0 Å². The van der Waals surface area contributed by atoms with E-state index < -0.39 is 12.6 Å². The molecule has 0 bridgehead atoms. The second kappa shape index (κ2) is 5.89. The van der Waals surface area contributed by atoms with Crippen LogP contribution in [0.15, 0.2) is 30.3 Å². The minimum Gasteiger partial charge on any atom is -0.313 e. The van der Waals surface area contributed by atoms with Gasteiger partial charge < -0.3 is 5.32 Å². The lowest BCUT2D eigenvalue weighted by atomic mass is 10.0. The molecule has 0 heterocycles. The van der Waals surface area contributed by atoms with Gasteiger partial charge in [0.25, 0.3) is 0 Å². The molecule has 0 aliphatic rings. The van der Waals surface area contributed by atoms with Gasteiger partial charge in [-0.05, 0) is 25.5 Å². The molecule has 0 radical (unpaired) electrons. The van der Waals surface area contributed by atoms with Gasteiger partial charge in [-0.3, -0.25) is 0 Å². The van der Waals surface area contributed by atoms with E-state index in [1.807, 2.05) is 30.3 Å². The molecule has 0 amide bonds. The van der Waals surface area contributed by atoms with E-state index in [9.17, 15) is 13.2 Å². The van der Waals surface area contributed by atoms with Crippen molar-refractivity contribution < 1.29 is 13.2 Å². The number of hydrogen-bond acceptors (Lipinski definition) is 1. The Kier molecular flexibility index (Phi) is 4.80. The smallest absolute Gasteiger partial charge is 0.313 e. The number of alkyl halides is 3. The average molecular weight is 231 g/mol. The lowest BCUT2D eigenvalue weighted by Crippen LogP contribution is -2.17. The van der Waals surface area contributed by atoms with Crippen LogP contribution in [0.1, 0.15) is 30.9 Å². The first-order chi connectivity index (χ1) is 7.53. The summed E-state index contributed by atoms with van der Waals surface area (Å²) in [5.41, 5.74) is 1.03. The van der Waals surface area contributed by atoms with Crippen molar-refractivity contribution in [1.29, 1.82) is 0 Å². The van der Waals surface area contributed by atoms with Crippen molar-refractivity contribution in [3.05, 3.63) is 35.9 Å². The zero-order chi connectivity index (χ0) is 12.0. The van der Waals surface area contributed by atoms with Gasteiger partial charge in [0.2, 0.25) is 0 Å². The van der Waals surface area contributed by atoms with E-state index in [4.69, 9.17) is 0 Å². The Labute approximate surface area is 93.7 Å². The van der Waals surface area contributed by atoms with Gasteiger partial charge in [0.1, 0.15) is 0 Å². The fraction of sp³-hybridized carbons (Fsp3) is 0.500. The second-order valence-corrected chi connectivity index (χ2v) is 3.76. The predicted octanol–water partition coefficient (Wildman–Crippen LogP) is 3.68. The summed E-state index contributed by atoms with van der Waals surface area (Å²) in [5.74, 6) is 0. The summed E-state index contributed by atoms with van der Waals surface area (Å²) in [4.78, 5) is 0. The largest absolute Gasteiger partial charge is 0.389 e. The van der Waals surface area contributed by atoms with Crippen molar-refractivity contribution in [2.75, 3.05) is 7.05 Å². The molecule has 0 saturated heterocycles. The van der Waals surface area contributed by atoms with Crippen molar-refractivity contribution >= 4 is 0 Å². The van der Waals surface area contributed by atoms with Crippen LogP contribution in [-0.2, 0) is 0 Å². The van der Waals surface area contributed by atoms with Crippen molar-refractivity contribution in [1.82, 2.24) is 5.32 Å². The van der Waals surface area contributed by atoms with Crippen molar-refractivity contribution in [2.45, 2.75) is 31.5 Å². The van der Waals surface area contributed by atoms with Crippen LogP contribution < -0.4 is 5.32 Å². The van der Waals surface area contributed by atoms with Gasteiger partial charge in [-0.1, -0.05) is 30.3 Å². The summed E-state index contributed by atoms with van der Waals surface area (Å²) in [5, 5.41) is 3.04. The molecule has 1 rings (SSSR count). The molecule has 0 fully saturated rings. The number of hydrogen-bond donors (Lipinski definition) is 1. The SMILES string of the molecule is CNC(CCCC(F)(F)F)c1ccccc1. The average Bonchev–Trinajstić information content (AvgIpc) is 2.24. The normalized spacial score (nSPS) is 13.8. The molecule has 0 aromatic heterocycles. The minimum atomic E-state index is -4.05. The Morgan fingerprint density at radius 1 is 1.19 bits per heavy atom. The van der Waals surface area contributed by atoms with Crippen molar-refractivity contribution in [2.24, 2.45) is 0 Å². The molecule has 1 aromatic rings. The van der Waals surface area contributed by atoms with E-state index >= 15 is 0 Å². The molecule has 0 aliphatic heterocycles. The summed E-state index contributed by atoms with van der Waals surface area (Å²) in [7, 11) is 1.77. The first kappa shape index (κ1) is 13.0. The molecule has 1 N–H and O–H groups in total. The molecule has 0 spiro atoms. The van der Waals surface area contributed by atoms with Crippen LogP contribution in [0.25, 0.3) is 0 Å². The summed E-state index contributed by atoms with van der Waals surface area (Å²) in [6.07, 6.45) is -4.10. The van der Waals surface area contributed by atoms with Crippen LogP contribution in [0.5, 0.6) is 0 Å². The Hall–Kier alpha value is -1.03. The third kappa shape index (κ3) is 4.66. The highest BCUT2D eigenvalue weighted by Crippen LogP contribution is 2.25. The maximum atomic E-state index is 12.0. The molecule has 1 aromatic carbocycles. The molecular weight excluding hydrogens is 215 g/mol. The second-order valence-electron chi connectivity index (χ2n) is 3.76. The van der Waals surface area contributed by atoms with Crippen LogP contribution in [0.2, 0.25) is 0 Å². The van der Waals surface area contributed by atoms with E-state index in [-0.39, 0.29) is 12.5 Å². The van der Waals surface area contributed by atoms with Gasteiger partial charge >= 0.3 is 6.18 Å². The van der Waals surface area contributed by atoms with Gasteiger partial charge in [0.05, 0.1) is 0 Å². The van der Waals surface area contributed by atoms with Crippen molar-refractivity contribution in [3.63, 3.8) is 0 Å². The Balaban J connectivity index is 2.45. The van der Waals surface area contributed by atoms with E-state index in [0.717, 1.165) is 5.56 Å². The Bertz CT molecular complexity index is 295. The first-order valence-electron chi connectivity index (χ1n) is 5.32. The number of nitrogens with one attached hydrogen (secondary N) is 1. The molecule has 0 aliphatic carbocycles.